The standard InChI is InChI=1S/C12H8ClN3O2/c13-9-6-15-12(18)10(8-4-2-1-3-5-8)11(17)14-16(15)7-9/h1-7H,(H-,14,17,18). The van der Waals surface area contributed by atoms with Gasteiger partial charge in [0.25, 0.3) is 0 Å². The zero-order chi connectivity index (χ0) is 12.7. The third-order valence-electron chi connectivity index (χ3n) is 2.65. The molecule has 0 spiro atoms. The first-order valence-corrected chi connectivity index (χ1v) is 5.63. The third kappa shape index (κ3) is 1.56. The minimum Gasteiger partial charge on any atom is -0.840 e. The van der Waals surface area contributed by atoms with E-state index in [0.29, 0.717) is 10.6 Å². The lowest BCUT2D eigenvalue weighted by molar-refractivity contribution is -0.672. The van der Waals surface area contributed by atoms with E-state index in [4.69, 9.17) is 11.6 Å². The van der Waals surface area contributed by atoms with E-state index in [0.717, 1.165) is 0 Å². The molecule has 6 heteroatoms. The van der Waals surface area contributed by atoms with Crippen molar-refractivity contribution in [3.8, 4) is 17.0 Å². The summed E-state index contributed by atoms with van der Waals surface area (Å²) in [5.41, 5.74) is 0.234. The van der Waals surface area contributed by atoms with Gasteiger partial charge in [-0.3, -0.25) is 0 Å². The molecule has 0 radical (unpaired) electrons. The van der Waals surface area contributed by atoms with Gasteiger partial charge in [0.2, 0.25) is 0 Å². The summed E-state index contributed by atoms with van der Waals surface area (Å²) in [5.74, 6) is -0.406. The molecule has 0 aliphatic heterocycles. The number of nitrogens with zero attached hydrogens (tertiary/aromatic N) is 2. The maximum atomic E-state index is 12.2. The van der Waals surface area contributed by atoms with Gasteiger partial charge >= 0.3 is 5.56 Å². The normalized spacial score (nSPS) is 10.9. The molecule has 18 heavy (non-hydrogen) atoms. The molecule has 0 saturated carbocycles. The van der Waals surface area contributed by atoms with Gasteiger partial charge < -0.3 is 5.11 Å². The number of aromatic nitrogens is 3. The first-order chi connectivity index (χ1) is 8.66. The number of fused-ring (bicyclic) bond motifs is 1. The Labute approximate surface area is 106 Å². The summed E-state index contributed by atoms with van der Waals surface area (Å²) in [5, 5.41) is 15.2. The molecule has 2 aromatic heterocycles. The number of halogens is 1. The van der Waals surface area contributed by atoms with Gasteiger partial charge in [0.15, 0.2) is 0 Å². The topological polar surface area (TPSA) is 64.4 Å². The lowest BCUT2D eigenvalue weighted by Gasteiger charge is -2.08. The Hall–Kier alpha value is -2.27. The Bertz CT molecular complexity index is 777. The van der Waals surface area contributed by atoms with Crippen LogP contribution in [0.5, 0.6) is 5.88 Å². The summed E-state index contributed by atoms with van der Waals surface area (Å²) in [6.45, 7) is 0. The average molecular weight is 262 g/mol. The molecule has 0 amide bonds. The van der Waals surface area contributed by atoms with Crippen molar-refractivity contribution in [3.05, 3.63) is 58.1 Å². The van der Waals surface area contributed by atoms with E-state index in [-0.39, 0.29) is 5.56 Å². The Morgan fingerprint density at radius 2 is 2.00 bits per heavy atom. The quantitative estimate of drug-likeness (QED) is 0.652. The van der Waals surface area contributed by atoms with Crippen molar-refractivity contribution < 1.29 is 9.62 Å². The molecular weight excluding hydrogens is 254 g/mol. The minimum atomic E-state index is -0.446. The second-order valence-electron chi connectivity index (χ2n) is 3.82. The van der Waals surface area contributed by atoms with Crippen molar-refractivity contribution in [3.63, 3.8) is 0 Å². The van der Waals surface area contributed by atoms with Crippen LogP contribution in [0.4, 0.5) is 0 Å². The largest absolute Gasteiger partial charge is 0.840 e. The van der Waals surface area contributed by atoms with Crippen molar-refractivity contribution in [1.82, 2.24) is 9.73 Å². The monoisotopic (exact) mass is 261 g/mol. The van der Waals surface area contributed by atoms with Crippen LogP contribution >= 0.6 is 11.6 Å². The number of hydrogen-bond donors (Lipinski definition) is 1. The van der Waals surface area contributed by atoms with E-state index in [1.807, 2.05) is 6.07 Å². The fourth-order valence-corrected chi connectivity index (χ4v) is 2.05. The third-order valence-corrected chi connectivity index (χ3v) is 2.85. The number of nitrogens with one attached hydrogen (secondary N) is 1. The van der Waals surface area contributed by atoms with Gasteiger partial charge in [-0.1, -0.05) is 46.6 Å². The lowest BCUT2D eigenvalue weighted by Crippen LogP contribution is -2.38. The minimum absolute atomic E-state index is 0.0999. The van der Waals surface area contributed by atoms with Crippen LogP contribution in [0.15, 0.2) is 47.5 Å². The van der Waals surface area contributed by atoms with Crippen molar-refractivity contribution in [2.24, 2.45) is 0 Å². The van der Waals surface area contributed by atoms with Gasteiger partial charge in [0.1, 0.15) is 28.9 Å². The average Bonchev–Trinajstić information content (AvgIpc) is 2.71. The summed E-state index contributed by atoms with van der Waals surface area (Å²) in [6.07, 6.45) is 2.91. The van der Waals surface area contributed by atoms with E-state index in [1.165, 1.54) is 21.5 Å². The maximum absolute atomic E-state index is 12.2. The van der Waals surface area contributed by atoms with E-state index in [1.54, 1.807) is 24.3 Å². The number of H-pyrrole nitrogens is 1. The molecule has 0 atom stereocenters. The van der Waals surface area contributed by atoms with Gasteiger partial charge in [0, 0.05) is 0 Å². The van der Waals surface area contributed by atoms with Gasteiger partial charge in [-0.2, -0.15) is 0 Å². The first-order valence-electron chi connectivity index (χ1n) is 5.25. The van der Waals surface area contributed by atoms with Crippen LogP contribution in [0.25, 0.3) is 11.1 Å². The fraction of sp³-hybridized carbons (Fsp3) is 0. The highest BCUT2D eigenvalue weighted by molar-refractivity contribution is 6.30. The Morgan fingerprint density at radius 1 is 1.28 bits per heavy atom. The van der Waals surface area contributed by atoms with Crippen molar-refractivity contribution in [2.75, 3.05) is 0 Å². The molecule has 1 N–H and O–H groups in total. The van der Waals surface area contributed by atoms with Crippen molar-refractivity contribution in [2.45, 2.75) is 0 Å². The predicted octanol–water partition coefficient (Wildman–Crippen LogP) is 0.607. The zero-order valence-electron chi connectivity index (χ0n) is 9.13. The van der Waals surface area contributed by atoms with Gasteiger partial charge in [-0.15, -0.1) is 9.61 Å². The molecule has 0 unspecified atom stereocenters. The molecule has 0 bridgehead atoms. The molecule has 90 valence electrons. The van der Waals surface area contributed by atoms with Gasteiger partial charge in [-0.05, 0) is 5.56 Å². The Balaban J connectivity index is 2.40. The van der Waals surface area contributed by atoms with Crippen LogP contribution in [0.1, 0.15) is 0 Å². The first kappa shape index (κ1) is 10.9. The van der Waals surface area contributed by atoms with Crippen LogP contribution in [0, 0.1) is 0 Å². The van der Waals surface area contributed by atoms with Crippen LogP contribution < -0.4 is 15.2 Å². The number of aromatic amines is 1. The molecule has 0 fully saturated rings. The maximum Gasteiger partial charge on any atom is 0.360 e. The second kappa shape index (κ2) is 3.89. The summed E-state index contributed by atoms with van der Waals surface area (Å²) in [6, 6.07) is 8.80. The number of benzene rings is 1. The van der Waals surface area contributed by atoms with Crippen LogP contribution in [0.3, 0.4) is 0 Å². The zero-order valence-corrected chi connectivity index (χ0v) is 9.89. The lowest BCUT2D eigenvalue weighted by atomic mass is 10.1. The Kier molecular flexibility index (Phi) is 2.34. The highest BCUT2D eigenvalue weighted by Crippen LogP contribution is 2.19. The van der Waals surface area contributed by atoms with E-state index < -0.39 is 11.4 Å². The van der Waals surface area contributed by atoms with Crippen molar-refractivity contribution >= 4 is 11.6 Å². The highest BCUT2D eigenvalue weighted by atomic mass is 35.5. The molecule has 0 aliphatic rings. The SMILES string of the molecule is O=c1[nH]n2cc(Cl)c[n+]2c([O-])c1-c1ccccc1. The smallest absolute Gasteiger partial charge is 0.360 e. The molecule has 2 heterocycles. The van der Waals surface area contributed by atoms with E-state index in [9.17, 15) is 9.90 Å². The summed E-state index contributed by atoms with van der Waals surface area (Å²) >= 11 is 5.80. The second-order valence-corrected chi connectivity index (χ2v) is 4.26. The van der Waals surface area contributed by atoms with Crippen LogP contribution in [-0.4, -0.2) is 9.73 Å². The van der Waals surface area contributed by atoms with E-state index >= 15 is 0 Å². The number of rotatable bonds is 1. The molecule has 1 aromatic carbocycles. The summed E-state index contributed by atoms with van der Waals surface area (Å²) in [7, 11) is 0. The molecule has 3 rings (SSSR count). The van der Waals surface area contributed by atoms with Gasteiger partial charge in [0.05, 0.1) is 0 Å². The van der Waals surface area contributed by atoms with E-state index in [2.05, 4.69) is 5.10 Å². The predicted molar refractivity (Wildman–Crippen MR) is 63.6 cm³/mol. The molecule has 5 nitrogen and oxygen atoms in total. The highest BCUT2D eigenvalue weighted by Gasteiger charge is 2.14. The van der Waals surface area contributed by atoms with Crippen LogP contribution in [-0.2, 0) is 0 Å². The van der Waals surface area contributed by atoms with Gasteiger partial charge in [-0.25, -0.2) is 4.79 Å². The van der Waals surface area contributed by atoms with Crippen molar-refractivity contribution in [1.29, 1.82) is 0 Å². The fourth-order valence-electron chi connectivity index (χ4n) is 1.86. The molecule has 0 saturated heterocycles. The summed E-state index contributed by atoms with van der Waals surface area (Å²) < 4.78 is 2.52. The Morgan fingerprint density at radius 3 is 2.72 bits per heavy atom. The summed E-state index contributed by atoms with van der Waals surface area (Å²) in [4.78, 5) is 11.9. The molecule has 3 aromatic rings. The van der Waals surface area contributed by atoms with Crippen LogP contribution in [0.2, 0.25) is 5.02 Å². The molecular formula is C12H8ClN3O2. The number of hydrogen-bond acceptors (Lipinski definition) is 2. The molecule has 0 aliphatic carbocycles.